The van der Waals surface area contributed by atoms with E-state index in [9.17, 15) is 14.4 Å². The predicted molar refractivity (Wildman–Crippen MR) is 71.3 cm³/mol. The molecule has 0 saturated heterocycles. The molecule has 1 amide bonds. The molecule has 106 valence electrons. The summed E-state index contributed by atoms with van der Waals surface area (Å²) < 4.78 is 10.8. The average Bonchev–Trinajstić information content (AvgIpc) is 2.71. The van der Waals surface area contributed by atoms with E-state index in [-0.39, 0.29) is 18.7 Å². The van der Waals surface area contributed by atoms with Crippen molar-refractivity contribution in [2.75, 3.05) is 12.4 Å². The van der Waals surface area contributed by atoms with Crippen molar-refractivity contribution in [3.63, 3.8) is 0 Å². The Bertz CT molecular complexity index is 713. The number of ether oxygens (including phenoxy) is 1. The number of anilines is 1. The molecule has 0 saturated carbocycles. The van der Waals surface area contributed by atoms with Gasteiger partial charge in [0.05, 0.1) is 19.0 Å². The van der Waals surface area contributed by atoms with Crippen molar-refractivity contribution in [1.29, 1.82) is 0 Å². The molecule has 2 rings (SSSR count). The molecular weight excluding hydrogens is 264 g/mol. The van der Waals surface area contributed by atoms with Gasteiger partial charge in [-0.05, 0) is 12.1 Å². The van der Waals surface area contributed by atoms with Gasteiger partial charge in [0.2, 0.25) is 5.91 Å². The van der Waals surface area contributed by atoms with Gasteiger partial charge in [-0.2, -0.15) is 0 Å². The second kappa shape index (κ2) is 5.60. The van der Waals surface area contributed by atoms with Gasteiger partial charge in [-0.15, -0.1) is 0 Å². The third-order valence-corrected chi connectivity index (χ3v) is 2.86. The first kappa shape index (κ1) is 13.9. The zero-order chi connectivity index (χ0) is 14.7. The molecule has 0 aliphatic rings. The quantitative estimate of drug-likeness (QED) is 0.843. The van der Waals surface area contributed by atoms with Crippen LogP contribution in [0.1, 0.15) is 12.8 Å². The van der Waals surface area contributed by atoms with Crippen LogP contribution in [0.2, 0.25) is 0 Å². The predicted octanol–water partition coefficient (Wildman–Crippen LogP) is 1.02. The second-order valence-corrected chi connectivity index (χ2v) is 4.23. The van der Waals surface area contributed by atoms with Crippen LogP contribution in [0.5, 0.6) is 0 Å². The average molecular weight is 278 g/mol. The standard InChI is InChI=1S/C13H14N2O5/c1-15-9-4-3-8(7-10(9)20-13(15)18)14-11(16)5-6-12(17)19-2/h3-4,7H,5-6H2,1-2H3,(H,14,16). The topological polar surface area (TPSA) is 90.5 Å². The number of fused-ring (bicyclic) bond motifs is 1. The highest BCUT2D eigenvalue weighted by molar-refractivity contribution is 5.94. The Kier molecular flexibility index (Phi) is 3.88. The van der Waals surface area contributed by atoms with Crippen molar-refractivity contribution in [3.8, 4) is 0 Å². The number of esters is 1. The van der Waals surface area contributed by atoms with E-state index >= 15 is 0 Å². The molecule has 0 atom stereocenters. The highest BCUT2D eigenvalue weighted by Gasteiger charge is 2.10. The Labute approximate surface area is 114 Å². The number of aryl methyl sites for hydroxylation is 1. The molecule has 1 N–H and O–H groups in total. The number of carbonyl (C=O) groups excluding carboxylic acids is 2. The molecule has 0 aliphatic heterocycles. The van der Waals surface area contributed by atoms with Crippen LogP contribution in [-0.4, -0.2) is 23.6 Å². The number of hydrogen-bond donors (Lipinski definition) is 1. The summed E-state index contributed by atoms with van der Waals surface area (Å²) in [6, 6.07) is 4.90. The molecule has 1 heterocycles. The van der Waals surface area contributed by atoms with Gasteiger partial charge in [0.1, 0.15) is 0 Å². The van der Waals surface area contributed by atoms with Gasteiger partial charge in [0, 0.05) is 25.2 Å². The molecule has 0 unspecified atom stereocenters. The summed E-state index contributed by atoms with van der Waals surface area (Å²) in [5.41, 5.74) is 1.53. The first-order valence-corrected chi connectivity index (χ1v) is 5.97. The van der Waals surface area contributed by atoms with E-state index in [1.54, 1.807) is 25.2 Å². The lowest BCUT2D eigenvalue weighted by molar-refractivity contribution is -0.141. The first-order valence-electron chi connectivity index (χ1n) is 5.97. The van der Waals surface area contributed by atoms with E-state index in [2.05, 4.69) is 10.1 Å². The van der Waals surface area contributed by atoms with Crippen molar-refractivity contribution in [2.24, 2.45) is 7.05 Å². The van der Waals surface area contributed by atoms with Crippen LogP contribution in [0.4, 0.5) is 5.69 Å². The van der Waals surface area contributed by atoms with Crippen LogP contribution in [-0.2, 0) is 21.4 Å². The molecule has 0 fully saturated rings. The number of methoxy groups -OCH3 is 1. The number of oxazole rings is 1. The Morgan fingerprint density at radius 2 is 2.10 bits per heavy atom. The minimum atomic E-state index is -0.464. The van der Waals surface area contributed by atoms with Gasteiger partial charge in [-0.25, -0.2) is 4.79 Å². The third kappa shape index (κ3) is 2.87. The van der Waals surface area contributed by atoms with Crippen molar-refractivity contribution in [1.82, 2.24) is 4.57 Å². The molecule has 7 heteroatoms. The smallest absolute Gasteiger partial charge is 0.419 e. The third-order valence-electron chi connectivity index (χ3n) is 2.86. The van der Waals surface area contributed by atoms with Gasteiger partial charge in [0.15, 0.2) is 5.58 Å². The molecule has 20 heavy (non-hydrogen) atoms. The molecule has 2 aromatic rings. The van der Waals surface area contributed by atoms with Crippen LogP contribution in [0, 0.1) is 0 Å². The molecule has 1 aromatic heterocycles. The van der Waals surface area contributed by atoms with Crippen LogP contribution >= 0.6 is 0 Å². The highest BCUT2D eigenvalue weighted by Crippen LogP contribution is 2.18. The minimum Gasteiger partial charge on any atom is -0.469 e. The molecule has 0 radical (unpaired) electrons. The number of carbonyl (C=O) groups is 2. The van der Waals surface area contributed by atoms with Gasteiger partial charge < -0.3 is 14.5 Å². The summed E-state index contributed by atoms with van der Waals surface area (Å²) in [7, 11) is 2.87. The maximum Gasteiger partial charge on any atom is 0.419 e. The summed E-state index contributed by atoms with van der Waals surface area (Å²) in [6.45, 7) is 0. The zero-order valence-corrected chi connectivity index (χ0v) is 11.1. The van der Waals surface area contributed by atoms with E-state index < -0.39 is 11.7 Å². The van der Waals surface area contributed by atoms with Crippen molar-refractivity contribution in [2.45, 2.75) is 12.8 Å². The fourth-order valence-corrected chi connectivity index (χ4v) is 1.75. The number of hydrogen-bond acceptors (Lipinski definition) is 5. The molecule has 0 spiro atoms. The van der Waals surface area contributed by atoms with Gasteiger partial charge in [0.25, 0.3) is 0 Å². The van der Waals surface area contributed by atoms with Crippen LogP contribution in [0.3, 0.4) is 0 Å². The fourth-order valence-electron chi connectivity index (χ4n) is 1.75. The normalized spacial score (nSPS) is 10.5. The minimum absolute atomic E-state index is 0.0188. The number of benzene rings is 1. The van der Waals surface area contributed by atoms with Gasteiger partial charge >= 0.3 is 11.7 Å². The Morgan fingerprint density at radius 3 is 2.80 bits per heavy atom. The summed E-state index contributed by atoms with van der Waals surface area (Å²) >= 11 is 0. The first-order chi connectivity index (χ1) is 9.51. The summed E-state index contributed by atoms with van der Waals surface area (Å²) in [5, 5.41) is 2.62. The maximum absolute atomic E-state index is 11.6. The van der Waals surface area contributed by atoms with Crippen molar-refractivity contribution in [3.05, 3.63) is 28.7 Å². The molecule has 1 aromatic carbocycles. The number of aromatic nitrogens is 1. The Hall–Kier alpha value is -2.57. The number of amides is 1. The summed E-state index contributed by atoms with van der Waals surface area (Å²) in [6.07, 6.45) is 0.0500. The van der Waals surface area contributed by atoms with Crippen molar-refractivity contribution < 1.29 is 18.7 Å². The lowest BCUT2D eigenvalue weighted by Gasteiger charge is -2.04. The van der Waals surface area contributed by atoms with Crippen LogP contribution in [0.25, 0.3) is 11.1 Å². The zero-order valence-electron chi connectivity index (χ0n) is 11.1. The van der Waals surface area contributed by atoms with E-state index in [1.807, 2.05) is 0 Å². The fraction of sp³-hybridized carbons (Fsp3) is 0.308. The number of nitrogens with zero attached hydrogens (tertiary/aromatic N) is 1. The second-order valence-electron chi connectivity index (χ2n) is 4.23. The lowest BCUT2D eigenvalue weighted by atomic mass is 10.2. The van der Waals surface area contributed by atoms with Gasteiger partial charge in [-0.1, -0.05) is 0 Å². The SMILES string of the molecule is COC(=O)CCC(=O)Nc1ccc2c(c1)oc(=O)n2C. The van der Waals surface area contributed by atoms with E-state index in [0.717, 1.165) is 0 Å². The molecule has 7 nitrogen and oxygen atoms in total. The summed E-state index contributed by atoms with van der Waals surface area (Å²) in [5.74, 6) is -1.22. The lowest BCUT2D eigenvalue weighted by Crippen LogP contribution is -2.13. The Morgan fingerprint density at radius 1 is 1.35 bits per heavy atom. The van der Waals surface area contributed by atoms with Crippen LogP contribution in [0.15, 0.2) is 27.4 Å². The monoisotopic (exact) mass is 278 g/mol. The van der Waals surface area contributed by atoms with E-state index in [0.29, 0.717) is 16.8 Å². The maximum atomic E-state index is 11.6. The van der Waals surface area contributed by atoms with Gasteiger partial charge in [-0.3, -0.25) is 14.2 Å². The molecular formula is C13H14N2O5. The Balaban J connectivity index is 2.08. The van der Waals surface area contributed by atoms with Crippen molar-refractivity contribution >= 4 is 28.7 Å². The highest BCUT2D eigenvalue weighted by atomic mass is 16.5. The molecule has 0 bridgehead atoms. The van der Waals surface area contributed by atoms with Crippen LogP contribution < -0.4 is 11.1 Å². The largest absolute Gasteiger partial charge is 0.469 e. The number of nitrogens with one attached hydrogen (secondary N) is 1. The van der Waals surface area contributed by atoms with E-state index in [4.69, 9.17) is 4.42 Å². The summed E-state index contributed by atoms with van der Waals surface area (Å²) in [4.78, 5) is 33.9. The molecule has 0 aliphatic carbocycles. The van der Waals surface area contributed by atoms with E-state index in [1.165, 1.54) is 11.7 Å². The number of rotatable bonds is 4.